The van der Waals surface area contributed by atoms with Crippen molar-refractivity contribution in [2.45, 2.75) is 6.92 Å². The number of oxazole rings is 1. The van der Waals surface area contributed by atoms with Crippen LogP contribution >= 0.6 is 0 Å². The maximum atomic E-state index is 11.2. The lowest BCUT2D eigenvalue weighted by Gasteiger charge is -2.06. The number of aromatic nitrogens is 1. The van der Waals surface area contributed by atoms with E-state index < -0.39 is 5.97 Å². The van der Waals surface area contributed by atoms with E-state index in [-0.39, 0.29) is 11.6 Å². The summed E-state index contributed by atoms with van der Waals surface area (Å²) in [5, 5.41) is 3.54. The number of nitrogens with zero attached hydrogens (tertiary/aromatic N) is 4. The summed E-state index contributed by atoms with van der Waals surface area (Å²) in [6.45, 7) is 1.30. The summed E-state index contributed by atoms with van der Waals surface area (Å²) < 4.78 is 10.8. The van der Waals surface area contributed by atoms with E-state index in [1.165, 1.54) is 13.0 Å². The Morgan fingerprint density at radius 2 is 2.14 bits per heavy atom. The van der Waals surface area contributed by atoms with Crippen LogP contribution in [-0.4, -0.2) is 11.0 Å². The summed E-state index contributed by atoms with van der Waals surface area (Å²) in [5.41, 5.74) is 10.6. The van der Waals surface area contributed by atoms with Crippen molar-refractivity contribution in [2.24, 2.45) is 5.11 Å². The number of hydrogen-bond donors (Lipinski definition) is 0. The van der Waals surface area contributed by atoms with Crippen LogP contribution in [0.4, 0.5) is 5.69 Å². The lowest BCUT2D eigenvalue weighted by atomic mass is 10.2. The average molecular weight is 294 g/mol. The summed E-state index contributed by atoms with van der Waals surface area (Å²) in [5.74, 6) is 0.109. The Bertz CT molecular complexity index is 877. The standard InChI is InChI=1S/C15H10N4O3/c1-9(20)21-13-7-6-10(18-19-16)8-11(13)15-17-12-4-2-3-5-14(12)22-15/h2-8H,1H3. The van der Waals surface area contributed by atoms with E-state index in [2.05, 4.69) is 15.0 Å². The molecule has 0 bridgehead atoms. The molecule has 22 heavy (non-hydrogen) atoms. The fourth-order valence-corrected chi connectivity index (χ4v) is 2.03. The summed E-state index contributed by atoms with van der Waals surface area (Å²) in [7, 11) is 0. The molecule has 0 aliphatic carbocycles. The lowest BCUT2D eigenvalue weighted by molar-refractivity contribution is -0.131. The van der Waals surface area contributed by atoms with Crippen LogP contribution in [0.3, 0.4) is 0 Å². The Morgan fingerprint density at radius 1 is 1.32 bits per heavy atom. The van der Waals surface area contributed by atoms with Crippen LogP contribution in [0.2, 0.25) is 0 Å². The number of para-hydroxylation sites is 2. The Kier molecular flexibility index (Phi) is 3.47. The van der Waals surface area contributed by atoms with Gasteiger partial charge in [0.2, 0.25) is 5.89 Å². The molecular formula is C15H10N4O3. The van der Waals surface area contributed by atoms with Gasteiger partial charge in [0.1, 0.15) is 11.3 Å². The molecule has 108 valence electrons. The smallest absolute Gasteiger partial charge is 0.308 e. The van der Waals surface area contributed by atoms with Crippen LogP contribution in [0.1, 0.15) is 6.92 Å². The zero-order valence-electron chi connectivity index (χ0n) is 11.6. The molecule has 0 aliphatic rings. The van der Waals surface area contributed by atoms with Crippen LogP contribution in [0.25, 0.3) is 33.0 Å². The second kappa shape index (κ2) is 5.59. The molecule has 0 atom stereocenters. The molecule has 0 amide bonds. The molecule has 2 aromatic carbocycles. The second-order valence-corrected chi connectivity index (χ2v) is 4.45. The maximum Gasteiger partial charge on any atom is 0.308 e. The van der Waals surface area contributed by atoms with E-state index in [9.17, 15) is 4.79 Å². The highest BCUT2D eigenvalue weighted by Crippen LogP contribution is 2.35. The topological polar surface area (TPSA) is 101 Å². The van der Waals surface area contributed by atoms with Crippen LogP contribution in [0, 0.1) is 0 Å². The first kappa shape index (κ1) is 13.7. The Morgan fingerprint density at radius 3 is 2.86 bits per heavy atom. The number of carbonyl (C=O) groups is 1. The van der Waals surface area contributed by atoms with Crippen LogP contribution < -0.4 is 4.74 Å². The van der Waals surface area contributed by atoms with E-state index in [1.807, 2.05) is 18.2 Å². The summed E-state index contributed by atoms with van der Waals surface area (Å²) in [4.78, 5) is 18.3. The van der Waals surface area contributed by atoms with E-state index in [0.29, 0.717) is 22.4 Å². The number of azide groups is 1. The van der Waals surface area contributed by atoms with Crippen molar-refractivity contribution < 1.29 is 13.9 Å². The monoisotopic (exact) mass is 294 g/mol. The molecule has 0 spiro atoms. The van der Waals surface area contributed by atoms with Crippen molar-refractivity contribution in [2.75, 3.05) is 0 Å². The van der Waals surface area contributed by atoms with Gasteiger partial charge in [-0.15, -0.1) is 0 Å². The van der Waals surface area contributed by atoms with Crippen LogP contribution in [0.15, 0.2) is 52.0 Å². The Labute approximate surface area is 124 Å². The second-order valence-electron chi connectivity index (χ2n) is 4.45. The first-order valence-electron chi connectivity index (χ1n) is 6.41. The van der Waals surface area contributed by atoms with E-state index >= 15 is 0 Å². The van der Waals surface area contributed by atoms with Gasteiger partial charge in [-0.3, -0.25) is 4.79 Å². The zero-order valence-corrected chi connectivity index (χ0v) is 11.6. The lowest BCUT2D eigenvalue weighted by Crippen LogP contribution is -2.02. The van der Waals surface area contributed by atoms with Gasteiger partial charge in [-0.25, -0.2) is 4.98 Å². The zero-order chi connectivity index (χ0) is 15.5. The first-order chi connectivity index (χ1) is 10.7. The quantitative estimate of drug-likeness (QED) is 0.235. The molecular weight excluding hydrogens is 284 g/mol. The number of esters is 1. The van der Waals surface area contributed by atoms with Crippen molar-refractivity contribution in [3.05, 3.63) is 52.9 Å². The van der Waals surface area contributed by atoms with Gasteiger partial charge < -0.3 is 9.15 Å². The molecule has 0 radical (unpaired) electrons. The van der Waals surface area contributed by atoms with Crippen molar-refractivity contribution in [1.82, 2.24) is 4.98 Å². The molecule has 7 nitrogen and oxygen atoms in total. The van der Waals surface area contributed by atoms with Gasteiger partial charge in [0.05, 0.1) is 5.56 Å². The molecule has 0 saturated carbocycles. The van der Waals surface area contributed by atoms with Gasteiger partial charge in [-0.1, -0.05) is 17.2 Å². The molecule has 7 heteroatoms. The number of hydrogen-bond acceptors (Lipinski definition) is 5. The first-order valence-corrected chi connectivity index (χ1v) is 6.41. The van der Waals surface area contributed by atoms with Crippen molar-refractivity contribution in [1.29, 1.82) is 0 Å². The van der Waals surface area contributed by atoms with Gasteiger partial charge in [-0.05, 0) is 35.9 Å². The van der Waals surface area contributed by atoms with Crippen LogP contribution in [0.5, 0.6) is 5.75 Å². The minimum absolute atomic E-state index is 0.285. The highest BCUT2D eigenvalue weighted by atomic mass is 16.5. The molecule has 0 aliphatic heterocycles. The molecule has 0 unspecified atom stereocenters. The average Bonchev–Trinajstić information content (AvgIpc) is 2.92. The fraction of sp³-hybridized carbons (Fsp3) is 0.0667. The van der Waals surface area contributed by atoms with Gasteiger partial charge in [0.25, 0.3) is 0 Å². The van der Waals surface area contributed by atoms with Gasteiger partial charge in [-0.2, -0.15) is 0 Å². The largest absolute Gasteiger partial charge is 0.436 e. The molecule has 0 N–H and O–H groups in total. The Balaban J connectivity index is 2.18. The van der Waals surface area contributed by atoms with E-state index in [0.717, 1.165) is 0 Å². The predicted octanol–water partition coefficient (Wildman–Crippen LogP) is 4.36. The number of benzene rings is 2. The molecule has 3 rings (SSSR count). The molecule has 0 fully saturated rings. The number of rotatable bonds is 3. The minimum Gasteiger partial charge on any atom is -0.436 e. The van der Waals surface area contributed by atoms with Crippen molar-refractivity contribution in [3.8, 4) is 17.2 Å². The summed E-state index contributed by atoms with van der Waals surface area (Å²) >= 11 is 0. The third-order valence-electron chi connectivity index (χ3n) is 2.90. The number of ether oxygens (including phenoxy) is 1. The SMILES string of the molecule is CC(=O)Oc1ccc(N=[N+]=[N-])cc1-c1nc2ccccc2o1. The molecule has 1 heterocycles. The molecule has 3 aromatic rings. The van der Waals surface area contributed by atoms with Gasteiger partial charge in [0, 0.05) is 17.5 Å². The summed E-state index contributed by atoms with van der Waals surface area (Å²) in [6.07, 6.45) is 0. The van der Waals surface area contributed by atoms with Crippen molar-refractivity contribution >= 4 is 22.8 Å². The molecule has 0 saturated heterocycles. The fourth-order valence-electron chi connectivity index (χ4n) is 2.03. The highest BCUT2D eigenvalue weighted by molar-refractivity contribution is 5.80. The minimum atomic E-state index is -0.464. The molecule has 1 aromatic heterocycles. The third-order valence-corrected chi connectivity index (χ3v) is 2.90. The predicted molar refractivity (Wildman–Crippen MR) is 79.6 cm³/mol. The van der Waals surface area contributed by atoms with Gasteiger partial charge in [0.15, 0.2) is 5.58 Å². The number of carbonyl (C=O) groups excluding carboxylic acids is 1. The van der Waals surface area contributed by atoms with Crippen LogP contribution in [-0.2, 0) is 4.79 Å². The summed E-state index contributed by atoms with van der Waals surface area (Å²) in [6, 6.07) is 11.9. The van der Waals surface area contributed by atoms with Gasteiger partial charge >= 0.3 is 5.97 Å². The number of fused-ring (bicyclic) bond motifs is 1. The van der Waals surface area contributed by atoms with E-state index in [4.69, 9.17) is 14.7 Å². The van der Waals surface area contributed by atoms with Crippen molar-refractivity contribution in [3.63, 3.8) is 0 Å². The third kappa shape index (κ3) is 2.61. The highest BCUT2D eigenvalue weighted by Gasteiger charge is 2.15. The maximum absolute atomic E-state index is 11.2. The van der Waals surface area contributed by atoms with E-state index in [1.54, 1.807) is 18.2 Å². The Hall–Kier alpha value is -3.31. The normalized spacial score (nSPS) is 10.2.